The molecular formula is C9H14N2OS. The third-order valence-electron chi connectivity index (χ3n) is 1.64. The average molecular weight is 198 g/mol. The summed E-state index contributed by atoms with van der Waals surface area (Å²) in [5.41, 5.74) is 2.05. The molecule has 1 rings (SSSR count). The molecule has 1 aromatic carbocycles. The number of hydrogen-bond donors (Lipinski definition) is 2. The summed E-state index contributed by atoms with van der Waals surface area (Å²) < 4.78 is 13.8. The number of hydrogen-bond acceptors (Lipinski definition) is 2. The summed E-state index contributed by atoms with van der Waals surface area (Å²) in [6.07, 6.45) is 1.62. The van der Waals surface area contributed by atoms with Crippen molar-refractivity contribution in [3.8, 4) is 0 Å². The summed E-state index contributed by atoms with van der Waals surface area (Å²) in [4.78, 5) is 0. The van der Waals surface area contributed by atoms with E-state index in [0.717, 1.165) is 17.8 Å². The second kappa shape index (κ2) is 4.99. The molecule has 4 heteroatoms. The molecule has 0 fully saturated rings. The quantitative estimate of drug-likeness (QED) is 0.761. The van der Waals surface area contributed by atoms with Gasteiger partial charge in [-0.25, -0.2) is 4.21 Å². The molecule has 13 heavy (non-hydrogen) atoms. The molecule has 0 aliphatic carbocycles. The van der Waals surface area contributed by atoms with Crippen LogP contribution in [0, 0.1) is 0 Å². The highest BCUT2D eigenvalue weighted by Crippen LogP contribution is 2.14. The Bertz CT molecular complexity index is 301. The van der Waals surface area contributed by atoms with Gasteiger partial charge in [0.25, 0.3) is 0 Å². The average Bonchev–Trinajstić information content (AvgIpc) is 2.08. The fourth-order valence-electron chi connectivity index (χ4n) is 1.12. The highest BCUT2D eigenvalue weighted by atomic mass is 32.2. The highest BCUT2D eigenvalue weighted by molar-refractivity contribution is 7.85. The maximum Gasteiger partial charge on any atom is 0.113 e. The molecule has 0 amide bonds. The van der Waals surface area contributed by atoms with Gasteiger partial charge in [-0.05, 0) is 18.7 Å². The molecule has 1 atom stereocenters. The Balaban J connectivity index is 2.84. The van der Waals surface area contributed by atoms with Crippen molar-refractivity contribution in [2.45, 2.75) is 6.54 Å². The molecule has 1 aromatic rings. The molecule has 0 bridgehead atoms. The first-order valence-electron chi connectivity index (χ1n) is 4.06. The Morgan fingerprint density at radius 1 is 1.38 bits per heavy atom. The third-order valence-corrected chi connectivity index (χ3v) is 2.15. The molecule has 2 N–H and O–H groups in total. The van der Waals surface area contributed by atoms with E-state index in [9.17, 15) is 4.21 Å². The van der Waals surface area contributed by atoms with Gasteiger partial charge >= 0.3 is 0 Å². The second-order valence-electron chi connectivity index (χ2n) is 2.74. The van der Waals surface area contributed by atoms with Gasteiger partial charge in [-0.15, -0.1) is 0 Å². The van der Waals surface area contributed by atoms with Crippen molar-refractivity contribution in [2.24, 2.45) is 0 Å². The first-order chi connectivity index (χ1) is 6.24. The van der Waals surface area contributed by atoms with Crippen molar-refractivity contribution in [1.29, 1.82) is 0 Å². The van der Waals surface area contributed by atoms with E-state index >= 15 is 0 Å². The number of nitrogens with one attached hydrogen (secondary N) is 2. The largest absolute Gasteiger partial charge is 0.316 e. The molecule has 72 valence electrons. The zero-order chi connectivity index (χ0) is 9.68. The maximum absolute atomic E-state index is 10.9. The Kier molecular flexibility index (Phi) is 3.92. The van der Waals surface area contributed by atoms with Crippen LogP contribution in [0.1, 0.15) is 5.56 Å². The summed E-state index contributed by atoms with van der Waals surface area (Å²) in [5, 5.41) is 3.06. The van der Waals surface area contributed by atoms with Crippen molar-refractivity contribution in [2.75, 3.05) is 18.0 Å². The maximum atomic E-state index is 10.9. The van der Waals surface area contributed by atoms with Crippen molar-refractivity contribution < 1.29 is 4.21 Å². The van der Waals surface area contributed by atoms with Gasteiger partial charge in [-0.1, -0.05) is 18.2 Å². The molecule has 0 saturated heterocycles. The van der Waals surface area contributed by atoms with E-state index in [0.29, 0.717) is 0 Å². The predicted molar refractivity (Wildman–Crippen MR) is 56.9 cm³/mol. The van der Waals surface area contributed by atoms with Crippen molar-refractivity contribution in [3.05, 3.63) is 29.8 Å². The van der Waals surface area contributed by atoms with Crippen LogP contribution in [0.2, 0.25) is 0 Å². The van der Waals surface area contributed by atoms with Gasteiger partial charge in [-0.2, -0.15) is 0 Å². The van der Waals surface area contributed by atoms with Crippen molar-refractivity contribution in [1.82, 2.24) is 5.32 Å². The first kappa shape index (κ1) is 10.2. The standard InChI is InChI=1S/C9H14N2OS/c1-10-7-8-5-3-4-6-9(8)11-13(2)12/h3-6,10-11H,7H2,1-2H3. The van der Waals surface area contributed by atoms with Gasteiger partial charge in [0.2, 0.25) is 0 Å². The smallest absolute Gasteiger partial charge is 0.113 e. The van der Waals surface area contributed by atoms with Crippen molar-refractivity contribution >= 4 is 16.7 Å². The van der Waals surface area contributed by atoms with E-state index in [4.69, 9.17) is 0 Å². The molecule has 3 nitrogen and oxygen atoms in total. The van der Waals surface area contributed by atoms with E-state index in [-0.39, 0.29) is 0 Å². The van der Waals surface area contributed by atoms with Gasteiger partial charge in [0.05, 0.1) is 5.69 Å². The van der Waals surface area contributed by atoms with Gasteiger partial charge in [-0.3, -0.25) is 0 Å². The van der Waals surface area contributed by atoms with Crippen molar-refractivity contribution in [3.63, 3.8) is 0 Å². The Morgan fingerprint density at radius 3 is 2.69 bits per heavy atom. The number of anilines is 1. The van der Waals surface area contributed by atoms with Crippen LogP contribution in [0.5, 0.6) is 0 Å². The van der Waals surface area contributed by atoms with E-state index in [2.05, 4.69) is 10.0 Å². The van der Waals surface area contributed by atoms with E-state index in [1.54, 1.807) is 6.26 Å². The van der Waals surface area contributed by atoms with E-state index in [1.165, 1.54) is 0 Å². The van der Waals surface area contributed by atoms with Crippen LogP contribution < -0.4 is 10.0 Å². The summed E-state index contributed by atoms with van der Waals surface area (Å²) in [6.45, 7) is 0.778. The van der Waals surface area contributed by atoms with E-state index < -0.39 is 11.0 Å². The zero-order valence-corrected chi connectivity index (χ0v) is 8.65. The zero-order valence-electron chi connectivity index (χ0n) is 7.83. The Labute approximate surface area is 81.1 Å². The number of rotatable bonds is 4. The predicted octanol–water partition coefficient (Wildman–Crippen LogP) is 1.11. The molecule has 0 aliphatic heterocycles. The van der Waals surface area contributed by atoms with Crippen LogP contribution >= 0.6 is 0 Å². The summed E-state index contributed by atoms with van der Waals surface area (Å²) in [5.74, 6) is 0. The number of benzene rings is 1. The van der Waals surface area contributed by atoms with Gasteiger partial charge < -0.3 is 10.0 Å². The SMILES string of the molecule is CNCc1ccccc1NS(C)=O. The number of para-hydroxylation sites is 1. The minimum atomic E-state index is -1.01. The van der Waals surface area contributed by atoms with Gasteiger partial charge in [0.1, 0.15) is 11.0 Å². The fourth-order valence-corrected chi connectivity index (χ4v) is 1.63. The molecule has 0 spiro atoms. The lowest BCUT2D eigenvalue weighted by molar-refractivity contribution is 0.689. The van der Waals surface area contributed by atoms with Crippen LogP contribution in [-0.4, -0.2) is 17.5 Å². The van der Waals surface area contributed by atoms with Crippen LogP contribution in [0.3, 0.4) is 0 Å². The third kappa shape index (κ3) is 3.16. The summed E-state index contributed by atoms with van der Waals surface area (Å²) in [6, 6.07) is 7.82. The molecule has 0 heterocycles. The summed E-state index contributed by atoms with van der Waals surface area (Å²) in [7, 11) is 0.880. The molecule has 1 unspecified atom stereocenters. The topological polar surface area (TPSA) is 41.1 Å². The van der Waals surface area contributed by atoms with E-state index in [1.807, 2.05) is 31.3 Å². The second-order valence-corrected chi connectivity index (χ2v) is 3.86. The molecular weight excluding hydrogens is 184 g/mol. The lowest BCUT2D eigenvalue weighted by atomic mass is 10.2. The van der Waals surface area contributed by atoms with Crippen LogP contribution in [0.15, 0.2) is 24.3 Å². The summed E-state index contributed by atoms with van der Waals surface area (Å²) >= 11 is 0. The highest BCUT2D eigenvalue weighted by Gasteiger charge is 2.00. The minimum Gasteiger partial charge on any atom is -0.316 e. The Hall–Kier alpha value is -0.870. The van der Waals surface area contributed by atoms with Gasteiger partial charge in [0, 0.05) is 12.8 Å². The monoisotopic (exact) mass is 198 g/mol. The molecule has 0 saturated carbocycles. The van der Waals surface area contributed by atoms with Crippen LogP contribution in [0.25, 0.3) is 0 Å². The molecule has 0 aliphatic rings. The van der Waals surface area contributed by atoms with Gasteiger partial charge in [0.15, 0.2) is 0 Å². The fraction of sp³-hybridized carbons (Fsp3) is 0.333. The Morgan fingerprint density at radius 2 is 2.08 bits per heavy atom. The lowest BCUT2D eigenvalue weighted by Gasteiger charge is -2.08. The minimum absolute atomic E-state index is 0.778. The lowest BCUT2D eigenvalue weighted by Crippen LogP contribution is -2.09. The van der Waals surface area contributed by atoms with Crippen LogP contribution in [-0.2, 0) is 17.5 Å². The molecule has 0 aromatic heterocycles. The van der Waals surface area contributed by atoms with Crippen LogP contribution in [0.4, 0.5) is 5.69 Å². The molecule has 0 radical (unpaired) electrons. The normalized spacial score (nSPS) is 12.5. The first-order valence-corrected chi connectivity index (χ1v) is 5.62.